The quantitative estimate of drug-likeness (QED) is 0.813. The van der Waals surface area contributed by atoms with Crippen LogP contribution in [0.15, 0.2) is 48.5 Å². The fourth-order valence-corrected chi connectivity index (χ4v) is 2.65. The van der Waals surface area contributed by atoms with E-state index >= 15 is 0 Å². The van der Waals surface area contributed by atoms with Crippen molar-refractivity contribution in [1.29, 1.82) is 0 Å². The van der Waals surface area contributed by atoms with Gasteiger partial charge in [-0.2, -0.15) is 13.2 Å². The van der Waals surface area contributed by atoms with Crippen molar-refractivity contribution in [2.75, 3.05) is 6.54 Å². The lowest BCUT2D eigenvalue weighted by Gasteiger charge is -2.17. The van der Waals surface area contributed by atoms with Crippen LogP contribution < -0.4 is 5.73 Å². The average molecular weight is 321 g/mol. The van der Waals surface area contributed by atoms with Gasteiger partial charge in [0.25, 0.3) is 0 Å². The van der Waals surface area contributed by atoms with Crippen molar-refractivity contribution < 1.29 is 13.2 Å². The van der Waals surface area contributed by atoms with Crippen molar-refractivity contribution in [3.05, 3.63) is 70.8 Å². The number of alkyl halides is 3. The number of hydrogen-bond acceptors (Lipinski definition) is 1. The van der Waals surface area contributed by atoms with Gasteiger partial charge in [0.15, 0.2) is 0 Å². The molecule has 4 heteroatoms. The van der Waals surface area contributed by atoms with Crippen molar-refractivity contribution in [1.82, 2.24) is 0 Å². The molecule has 0 aromatic heterocycles. The van der Waals surface area contributed by atoms with Crippen LogP contribution in [0.5, 0.6) is 0 Å². The molecule has 0 radical (unpaired) electrons. The van der Waals surface area contributed by atoms with Gasteiger partial charge >= 0.3 is 6.18 Å². The molecule has 2 N–H and O–H groups in total. The van der Waals surface area contributed by atoms with Crippen molar-refractivity contribution in [3.63, 3.8) is 0 Å². The summed E-state index contributed by atoms with van der Waals surface area (Å²) in [4.78, 5) is 0. The summed E-state index contributed by atoms with van der Waals surface area (Å²) < 4.78 is 38.4. The first-order chi connectivity index (χ1) is 10.8. The molecule has 0 saturated heterocycles. The maximum Gasteiger partial charge on any atom is 0.416 e. The van der Waals surface area contributed by atoms with Gasteiger partial charge in [0.2, 0.25) is 0 Å². The molecule has 1 nitrogen and oxygen atoms in total. The van der Waals surface area contributed by atoms with Gasteiger partial charge in [0, 0.05) is 5.92 Å². The minimum atomic E-state index is -4.31. The Labute approximate surface area is 135 Å². The zero-order valence-corrected chi connectivity index (χ0v) is 13.4. The van der Waals surface area contributed by atoms with E-state index in [1.807, 2.05) is 12.1 Å². The summed E-state index contributed by atoms with van der Waals surface area (Å²) in [5.74, 6) is 0.462. The molecule has 0 heterocycles. The minimum Gasteiger partial charge on any atom is -0.330 e. The lowest BCUT2D eigenvalue weighted by atomic mass is 9.90. The average Bonchev–Trinajstić information content (AvgIpc) is 2.52. The van der Waals surface area contributed by atoms with Gasteiger partial charge in [-0.25, -0.2) is 0 Å². The van der Waals surface area contributed by atoms with E-state index in [4.69, 9.17) is 5.73 Å². The number of benzene rings is 2. The van der Waals surface area contributed by atoms with Crippen LogP contribution in [0.1, 0.15) is 47.9 Å². The van der Waals surface area contributed by atoms with E-state index in [1.165, 1.54) is 17.7 Å². The largest absolute Gasteiger partial charge is 0.416 e. The lowest BCUT2D eigenvalue weighted by Crippen LogP contribution is -2.15. The molecule has 0 aliphatic rings. The first-order valence-electron chi connectivity index (χ1n) is 7.77. The fourth-order valence-electron chi connectivity index (χ4n) is 2.65. The normalized spacial score (nSPS) is 13.3. The molecule has 2 rings (SSSR count). The molecular weight excluding hydrogens is 299 g/mol. The summed E-state index contributed by atoms with van der Waals surface area (Å²) in [5.41, 5.74) is 8.20. The van der Waals surface area contributed by atoms with Crippen LogP contribution in [0.4, 0.5) is 13.2 Å². The SMILES string of the molecule is CC(C)c1ccc(C(CN)Cc2cccc(C(F)(F)F)c2)cc1. The van der Waals surface area contributed by atoms with E-state index in [1.54, 1.807) is 6.07 Å². The Morgan fingerprint density at radius 2 is 1.57 bits per heavy atom. The summed E-state index contributed by atoms with van der Waals surface area (Å²) in [6, 6.07) is 13.7. The molecule has 124 valence electrons. The minimum absolute atomic E-state index is 0.0136. The monoisotopic (exact) mass is 321 g/mol. The van der Waals surface area contributed by atoms with E-state index < -0.39 is 11.7 Å². The van der Waals surface area contributed by atoms with Gasteiger partial charge in [0.1, 0.15) is 0 Å². The second kappa shape index (κ2) is 7.18. The predicted octanol–water partition coefficient (Wildman–Crippen LogP) is 5.11. The molecule has 0 bridgehead atoms. The molecule has 1 atom stereocenters. The highest BCUT2D eigenvalue weighted by atomic mass is 19.4. The summed E-state index contributed by atoms with van der Waals surface area (Å²) in [7, 11) is 0. The molecule has 0 saturated carbocycles. The lowest BCUT2D eigenvalue weighted by molar-refractivity contribution is -0.137. The molecule has 1 unspecified atom stereocenters. The second-order valence-electron chi connectivity index (χ2n) is 6.16. The Balaban J connectivity index is 2.19. The van der Waals surface area contributed by atoms with Crippen molar-refractivity contribution in [2.45, 2.75) is 38.3 Å². The van der Waals surface area contributed by atoms with E-state index in [0.717, 1.165) is 11.6 Å². The van der Waals surface area contributed by atoms with Crippen LogP contribution >= 0.6 is 0 Å². The number of rotatable bonds is 5. The molecule has 2 aromatic rings. The molecule has 0 aliphatic heterocycles. The standard InChI is InChI=1S/C19H22F3N/c1-13(2)15-6-8-16(9-7-15)17(12-23)10-14-4-3-5-18(11-14)19(20,21)22/h3-9,11,13,17H,10,12,23H2,1-2H3. The summed E-state index contributed by atoms with van der Waals surface area (Å²) in [6.07, 6.45) is -3.81. The maximum atomic E-state index is 12.8. The highest BCUT2D eigenvalue weighted by Gasteiger charge is 2.30. The molecular formula is C19H22F3N. The smallest absolute Gasteiger partial charge is 0.330 e. The zero-order valence-electron chi connectivity index (χ0n) is 13.4. The predicted molar refractivity (Wildman–Crippen MR) is 87.5 cm³/mol. The van der Waals surface area contributed by atoms with Gasteiger partial charge in [-0.05, 0) is 41.6 Å². The number of hydrogen-bond donors (Lipinski definition) is 1. The third-order valence-corrected chi connectivity index (χ3v) is 4.10. The Kier molecular flexibility index (Phi) is 5.47. The summed E-state index contributed by atoms with van der Waals surface area (Å²) in [6.45, 7) is 4.65. The molecule has 2 aromatic carbocycles. The maximum absolute atomic E-state index is 12.8. The number of nitrogens with two attached hydrogens (primary N) is 1. The van der Waals surface area contributed by atoms with Crippen LogP contribution in [0.3, 0.4) is 0 Å². The molecule has 0 amide bonds. The molecule has 0 fully saturated rings. The third kappa shape index (κ3) is 4.58. The highest BCUT2D eigenvalue weighted by molar-refractivity contribution is 5.31. The van der Waals surface area contributed by atoms with Crippen molar-refractivity contribution in [3.8, 4) is 0 Å². The van der Waals surface area contributed by atoms with Crippen LogP contribution in [-0.4, -0.2) is 6.54 Å². The Hall–Kier alpha value is -1.81. The van der Waals surface area contributed by atoms with E-state index in [2.05, 4.69) is 26.0 Å². The molecule has 0 aliphatic carbocycles. The second-order valence-corrected chi connectivity index (χ2v) is 6.16. The Morgan fingerprint density at radius 3 is 2.09 bits per heavy atom. The van der Waals surface area contributed by atoms with E-state index in [0.29, 0.717) is 24.4 Å². The van der Waals surface area contributed by atoms with Gasteiger partial charge < -0.3 is 5.73 Å². The zero-order chi connectivity index (χ0) is 17.0. The number of halogens is 3. The fraction of sp³-hybridized carbons (Fsp3) is 0.368. The topological polar surface area (TPSA) is 26.0 Å². The van der Waals surface area contributed by atoms with Gasteiger partial charge in [0.05, 0.1) is 5.56 Å². The first-order valence-corrected chi connectivity index (χ1v) is 7.77. The molecule has 23 heavy (non-hydrogen) atoms. The van der Waals surface area contributed by atoms with Crippen LogP contribution in [-0.2, 0) is 12.6 Å². The van der Waals surface area contributed by atoms with Crippen molar-refractivity contribution >= 4 is 0 Å². The van der Waals surface area contributed by atoms with Crippen molar-refractivity contribution in [2.24, 2.45) is 5.73 Å². The van der Waals surface area contributed by atoms with E-state index in [-0.39, 0.29) is 5.92 Å². The Bertz CT molecular complexity index is 630. The van der Waals surface area contributed by atoms with Gasteiger partial charge in [-0.1, -0.05) is 56.3 Å². The molecule has 0 spiro atoms. The summed E-state index contributed by atoms with van der Waals surface area (Å²) >= 11 is 0. The van der Waals surface area contributed by atoms with Crippen LogP contribution in [0.25, 0.3) is 0 Å². The highest BCUT2D eigenvalue weighted by Crippen LogP contribution is 2.31. The Morgan fingerprint density at radius 1 is 0.957 bits per heavy atom. The summed E-state index contributed by atoms with van der Waals surface area (Å²) in [5, 5.41) is 0. The van der Waals surface area contributed by atoms with Crippen LogP contribution in [0, 0.1) is 0 Å². The van der Waals surface area contributed by atoms with Gasteiger partial charge in [-0.3, -0.25) is 0 Å². The van der Waals surface area contributed by atoms with E-state index in [9.17, 15) is 13.2 Å². The van der Waals surface area contributed by atoms with Gasteiger partial charge in [-0.15, -0.1) is 0 Å². The van der Waals surface area contributed by atoms with Crippen LogP contribution in [0.2, 0.25) is 0 Å². The first kappa shape index (κ1) is 17.5. The third-order valence-electron chi connectivity index (χ3n) is 4.10.